The maximum Gasteiger partial charge on any atom is 0.433 e. The fraction of sp³-hybridized carbons (Fsp3) is 0.394. The van der Waals surface area contributed by atoms with Crippen molar-refractivity contribution in [3.8, 4) is 5.75 Å². The summed E-state index contributed by atoms with van der Waals surface area (Å²) in [5, 5.41) is 20.6. The fourth-order valence-corrected chi connectivity index (χ4v) is 5.95. The molecular weight excluding hydrogens is 548 g/mol. The van der Waals surface area contributed by atoms with Gasteiger partial charge in [-0.25, -0.2) is 4.79 Å². The number of rotatable bonds is 10. The fourth-order valence-electron chi connectivity index (χ4n) is 5.95. The molecule has 5 rings (SSSR count). The normalized spacial score (nSPS) is 15.0. The van der Waals surface area contributed by atoms with E-state index in [9.17, 15) is 14.9 Å². The molecule has 0 radical (unpaired) electrons. The van der Waals surface area contributed by atoms with Crippen LogP contribution in [0.4, 0.5) is 10.5 Å². The molecule has 1 amide bonds. The quantitative estimate of drug-likeness (QED) is 0.0905. The number of nitrogens with zero attached hydrogens (tertiary/aromatic N) is 3. The molecule has 1 unspecified atom stereocenters. The van der Waals surface area contributed by atoms with Crippen molar-refractivity contribution in [2.45, 2.75) is 71.6 Å². The van der Waals surface area contributed by atoms with E-state index in [-0.39, 0.29) is 22.8 Å². The molecule has 0 saturated heterocycles. The Morgan fingerprint density at radius 2 is 1.79 bits per heavy atom. The highest BCUT2D eigenvalue weighted by atomic mass is 16.7. The number of non-ortho nitro benzene ring substituents is 1. The number of nitro groups is 1. The molecule has 226 valence electrons. The Hall–Kier alpha value is -4.44. The second-order valence-corrected chi connectivity index (χ2v) is 11.1. The minimum atomic E-state index is -0.588. The number of benzene rings is 3. The number of carbonyl (C=O) groups is 1. The number of ether oxygens (including phenoxy) is 2. The van der Waals surface area contributed by atoms with Gasteiger partial charge in [-0.2, -0.15) is 0 Å². The van der Waals surface area contributed by atoms with Crippen molar-refractivity contribution < 1.29 is 24.0 Å². The van der Waals surface area contributed by atoms with Gasteiger partial charge in [-0.3, -0.25) is 15.0 Å². The molecule has 1 aliphatic rings. The lowest BCUT2D eigenvalue weighted by atomic mass is 9.96. The number of hydrogen-bond donors (Lipinski definition) is 1. The van der Waals surface area contributed by atoms with Crippen molar-refractivity contribution in [2.75, 3.05) is 13.7 Å². The SMILES string of the molecule is CCn1c2ccc(/C(=N/OC(=O)NC3CCCCC3)c3ccc(OC(C)COC)cc3C)cc2c2cc([N+](=O)[O-])ccc21. The van der Waals surface area contributed by atoms with Gasteiger partial charge < -0.3 is 19.4 Å². The standard InChI is InChI=1S/C33H38N4O6/c1-5-36-30-15-11-23(18-28(30)29-19-25(37(39)40)12-16-31(29)36)32(35-43-33(38)34-24-9-7-6-8-10-24)27-14-13-26(17-21(27)2)42-22(3)20-41-4/h11-19,22,24H,5-10,20H2,1-4H3,(H,34,38)/b35-32-. The zero-order chi connectivity index (χ0) is 30.5. The first-order valence-corrected chi connectivity index (χ1v) is 14.8. The molecular formula is C33H38N4O6. The van der Waals surface area contributed by atoms with Crippen molar-refractivity contribution >= 4 is 39.3 Å². The summed E-state index contributed by atoms with van der Waals surface area (Å²) < 4.78 is 13.3. The zero-order valence-electron chi connectivity index (χ0n) is 25.1. The minimum absolute atomic E-state index is 0.0267. The zero-order valence-corrected chi connectivity index (χ0v) is 25.1. The molecule has 0 bridgehead atoms. The van der Waals surface area contributed by atoms with Crippen LogP contribution < -0.4 is 10.1 Å². The highest BCUT2D eigenvalue weighted by Crippen LogP contribution is 2.33. The smallest absolute Gasteiger partial charge is 0.433 e. The molecule has 0 aliphatic heterocycles. The highest BCUT2D eigenvalue weighted by Gasteiger charge is 2.20. The van der Waals surface area contributed by atoms with Crippen LogP contribution in [0.3, 0.4) is 0 Å². The lowest BCUT2D eigenvalue weighted by Gasteiger charge is -2.21. The van der Waals surface area contributed by atoms with Gasteiger partial charge in [0.2, 0.25) is 0 Å². The van der Waals surface area contributed by atoms with Crippen LogP contribution in [-0.4, -0.2) is 47.2 Å². The van der Waals surface area contributed by atoms with Gasteiger partial charge in [-0.05, 0) is 75.6 Å². The van der Waals surface area contributed by atoms with E-state index in [2.05, 4.69) is 15.0 Å². The van der Waals surface area contributed by atoms with Gasteiger partial charge in [0.15, 0.2) is 0 Å². The van der Waals surface area contributed by atoms with Crippen LogP contribution in [-0.2, 0) is 16.1 Å². The lowest BCUT2D eigenvalue weighted by molar-refractivity contribution is -0.384. The maximum absolute atomic E-state index is 12.8. The molecule has 1 N–H and O–H groups in total. The number of nitro benzene ring substituents is 1. The number of amides is 1. The monoisotopic (exact) mass is 586 g/mol. The molecule has 1 atom stereocenters. The van der Waals surface area contributed by atoms with Crippen molar-refractivity contribution in [1.29, 1.82) is 0 Å². The van der Waals surface area contributed by atoms with E-state index < -0.39 is 6.09 Å². The number of hydrogen-bond acceptors (Lipinski definition) is 7. The number of nitrogens with one attached hydrogen (secondary N) is 1. The van der Waals surface area contributed by atoms with Gasteiger partial charge in [-0.1, -0.05) is 30.5 Å². The maximum atomic E-state index is 12.8. The second kappa shape index (κ2) is 13.2. The first-order chi connectivity index (χ1) is 20.8. The average Bonchev–Trinajstić information content (AvgIpc) is 3.31. The second-order valence-electron chi connectivity index (χ2n) is 11.1. The predicted octanol–water partition coefficient (Wildman–Crippen LogP) is 7.26. The predicted molar refractivity (Wildman–Crippen MR) is 167 cm³/mol. The van der Waals surface area contributed by atoms with E-state index in [0.29, 0.717) is 30.2 Å². The van der Waals surface area contributed by atoms with Crippen LogP contribution in [0.5, 0.6) is 5.75 Å². The molecule has 1 aromatic heterocycles. The van der Waals surface area contributed by atoms with E-state index in [0.717, 1.165) is 58.6 Å². The van der Waals surface area contributed by atoms with Gasteiger partial charge >= 0.3 is 6.09 Å². The first kappa shape index (κ1) is 30.0. The number of fused-ring (bicyclic) bond motifs is 3. The van der Waals surface area contributed by atoms with E-state index in [1.54, 1.807) is 19.2 Å². The van der Waals surface area contributed by atoms with Crippen LogP contribution in [0.15, 0.2) is 59.8 Å². The Morgan fingerprint density at radius 3 is 2.47 bits per heavy atom. The summed E-state index contributed by atoms with van der Waals surface area (Å²) >= 11 is 0. The van der Waals surface area contributed by atoms with E-state index in [1.807, 2.05) is 57.2 Å². The van der Waals surface area contributed by atoms with Crippen LogP contribution in [0, 0.1) is 17.0 Å². The minimum Gasteiger partial charge on any atom is -0.488 e. The molecule has 1 fully saturated rings. The van der Waals surface area contributed by atoms with Crippen molar-refractivity contribution in [2.24, 2.45) is 5.16 Å². The number of carbonyl (C=O) groups excluding carboxylic acids is 1. The molecule has 4 aromatic rings. The van der Waals surface area contributed by atoms with Crippen LogP contribution in [0.1, 0.15) is 62.6 Å². The Balaban J connectivity index is 1.57. The Bertz CT molecular complexity index is 1670. The third kappa shape index (κ3) is 6.64. The first-order valence-electron chi connectivity index (χ1n) is 14.8. The third-order valence-corrected chi connectivity index (χ3v) is 7.99. The van der Waals surface area contributed by atoms with Crippen molar-refractivity contribution in [1.82, 2.24) is 9.88 Å². The van der Waals surface area contributed by atoms with Gasteiger partial charge in [0.05, 0.1) is 11.5 Å². The third-order valence-electron chi connectivity index (χ3n) is 7.99. The molecule has 1 heterocycles. The number of aryl methyl sites for hydroxylation is 2. The van der Waals surface area contributed by atoms with Gasteiger partial charge in [0, 0.05) is 64.8 Å². The summed E-state index contributed by atoms with van der Waals surface area (Å²) in [7, 11) is 1.63. The van der Waals surface area contributed by atoms with Crippen LogP contribution >= 0.6 is 0 Å². The van der Waals surface area contributed by atoms with E-state index >= 15 is 0 Å². The summed E-state index contributed by atoms with van der Waals surface area (Å²) in [6, 6.07) is 16.6. The Labute approximate surface area is 250 Å². The molecule has 10 heteroatoms. The average molecular weight is 587 g/mol. The van der Waals surface area contributed by atoms with Gasteiger partial charge in [-0.15, -0.1) is 0 Å². The van der Waals surface area contributed by atoms with Crippen molar-refractivity contribution in [3.63, 3.8) is 0 Å². The molecule has 10 nitrogen and oxygen atoms in total. The molecule has 3 aromatic carbocycles. The summed E-state index contributed by atoms with van der Waals surface area (Å²) in [5.41, 5.74) is 4.71. The molecule has 1 aliphatic carbocycles. The summed E-state index contributed by atoms with van der Waals surface area (Å²) in [5.74, 6) is 0.690. The summed E-state index contributed by atoms with van der Waals surface area (Å²) in [4.78, 5) is 29.5. The van der Waals surface area contributed by atoms with E-state index in [4.69, 9.17) is 14.3 Å². The summed E-state index contributed by atoms with van der Waals surface area (Å²) in [6.07, 6.45) is 4.49. The number of methoxy groups -OCH3 is 1. The topological polar surface area (TPSA) is 117 Å². The van der Waals surface area contributed by atoms with Crippen molar-refractivity contribution in [3.05, 3.63) is 81.4 Å². The summed E-state index contributed by atoms with van der Waals surface area (Å²) in [6.45, 7) is 7.09. The Kier molecular flexibility index (Phi) is 9.25. The van der Waals surface area contributed by atoms with Crippen LogP contribution in [0.2, 0.25) is 0 Å². The van der Waals surface area contributed by atoms with Gasteiger partial charge in [0.1, 0.15) is 17.6 Å². The number of oxime groups is 1. The molecule has 43 heavy (non-hydrogen) atoms. The lowest BCUT2D eigenvalue weighted by Crippen LogP contribution is -2.36. The number of aromatic nitrogens is 1. The Morgan fingerprint density at radius 1 is 1.07 bits per heavy atom. The largest absolute Gasteiger partial charge is 0.488 e. The highest BCUT2D eigenvalue weighted by molar-refractivity contribution is 6.17. The van der Waals surface area contributed by atoms with E-state index in [1.165, 1.54) is 12.5 Å². The molecule has 1 saturated carbocycles. The van der Waals surface area contributed by atoms with Crippen LogP contribution in [0.25, 0.3) is 21.8 Å². The molecule has 0 spiro atoms. The van der Waals surface area contributed by atoms with Gasteiger partial charge in [0.25, 0.3) is 5.69 Å².